The molecule has 0 saturated carbocycles. The van der Waals surface area contributed by atoms with Gasteiger partial charge in [0.1, 0.15) is 11.5 Å². The standard InChI is InChI=1S/C20H15NO4S/c22-19(23)17-9-10-18(26-17)21-20(24)25-11-16-14-7-3-1-5-12(14)13-6-2-4-8-15(13)16/h1-10,16H,11H2,(H,21,24)(H,22,23). The minimum atomic E-state index is -1.02. The molecule has 0 atom stereocenters. The van der Waals surface area contributed by atoms with Gasteiger partial charge < -0.3 is 9.84 Å². The summed E-state index contributed by atoms with van der Waals surface area (Å²) in [6, 6.07) is 19.2. The van der Waals surface area contributed by atoms with Gasteiger partial charge in [0.2, 0.25) is 0 Å². The van der Waals surface area contributed by atoms with Gasteiger partial charge in [0.15, 0.2) is 0 Å². The average Bonchev–Trinajstić information content (AvgIpc) is 3.23. The van der Waals surface area contributed by atoms with Crippen LogP contribution in [0.3, 0.4) is 0 Å². The van der Waals surface area contributed by atoms with Gasteiger partial charge in [-0.15, -0.1) is 11.3 Å². The number of aromatic carboxylic acids is 1. The van der Waals surface area contributed by atoms with Crippen LogP contribution in [0.4, 0.5) is 9.80 Å². The predicted molar refractivity (Wildman–Crippen MR) is 100.0 cm³/mol. The van der Waals surface area contributed by atoms with Crippen molar-refractivity contribution < 1.29 is 19.4 Å². The number of thiophene rings is 1. The summed E-state index contributed by atoms with van der Waals surface area (Å²) < 4.78 is 5.42. The molecule has 1 heterocycles. The number of carbonyl (C=O) groups is 2. The Kier molecular flexibility index (Phi) is 4.18. The van der Waals surface area contributed by atoms with E-state index in [-0.39, 0.29) is 17.4 Å². The lowest BCUT2D eigenvalue weighted by Gasteiger charge is -2.14. The number of anilines is 1. The van der Waals surface area contributed by atoms with Crippen molar-refractivity contribution in [3.63, 3.8) is 0 Å². The number of carboxylic acids is 1. The third-order valence-electron chi connectivity index (χ3n) is 4.39. The number of carboxylic acid groups (broad SMARTS) is 1. The first kappa shape index (κ1) is 16.4. The summed E-state index contributed by atoms with van der Waals surface area (Å²) in [5.41, 5.74) is 4.62. The molecule has 5 nitrogen and oxygen atoms in total. The van der Waals surface area contributed by atoms with Gasteiger partial charge in [0.25, 0.3) is 0 Å². The molecule has 0 aliphatic heterocycles. The van der Waals surface area contributed by atoms with E-state index in [1.165, 1.54) is 17.2 Å². The van der Waals surface area contributed by atoms with Gasteiger partial charge in [-0.05, 0) is 34.4 Å². The van der Waals surface area contributed by atoms with Crippen molar-refractivity contribution in [3.8, 4) is 11.1 Å². The van der Waals surface area contributed by atoms with Gasteiger partial charge in [0.05, 0.1) is 5.00 Å². The fourth-order valence-corrected chi connectivity index (χ4v) is 3.99. The van der Waals surface area contributed by atoms with Crippen molar-refractivity contribution >= 4 is 28.4 Å². The van der Waals surface area contributed by atoms with Crippen LogP contribution in [-0.2, 0) is 4.74 Å². The highest BCUT2D eigenvalue weighted by atomic mass is 32.1. The largest absolute Gasteiger partial charge is 0.477 e. The molecule has 130 valence electrons. The lowest BCUT2D eigenvalue weighted by atomic mass is 9.98. The Labute approximate surface area is 153 Å². The molecule has 26 heavy (non-hydrogen) atoms. The lowest BCUT2D eigenvalue weighted by molar-refractivity contribution is 0.0702. The molecule has 1 aliphatic rings. The van der Waals surface area contributed by atoms with Gasteiger partial charge in [-0.25, -0.2) is 9.59 Å². The summed E-state index contributed by atoms with van der Waals surface area (Å²) in [6.45, 7) is 0.219. The highest BCUT2D eigenvalue weighted by molar-refractivity contribution is 7.18. The molecular formula is C20H15NO4S. The first-order chi connectivity index (χ1) is 12.6. The van der Waals surface area contributed by atoms with Crippen molar-refractivity contribution in [2.24, 2.45) is 0 Å². The van der Waals surface area contributed by atoms with Crippen LogP contribution in [0.5, 0.6) is 0 Å². The monoisotopic (exact) mass is 365 g/mol. The molecule has 0 saturated heterocycles. The number of fused-ring (bicyclic) bond motifs is 3. The Morgan fingerprint density at radius 3 is 2.15 bits per heavy atom. The molecule has 1 amide bonds. The van der Waals surface area contributed by atoms with Gasteiger partial charge in [-0.3, -0.25) is 5.32 Å². The summed E-state index contributed by atoms with van der Waals surface area (Å²) in [7, 11) is 0. The fourth-order valence-electron chi connectivity index (χ4n) is 3.26. The van der Waals surface area contributed by atoms with Gasteiger partial charge in [-0.1, -0.05) is 48.5 Å². The van der Waals surface area contributed by atoms with E-state index in [0.717, 1.165) is 22.5 Å². The molecule has 1 aliphatic carbocycles. The molecule has 0 spiro atoms. The first-order valence-corrected chi connectivity index (χ1v) is 8.90. The minimum Gasteiger partial charge on any atom is -0.477 e. The van der Waals surface area contributed by atoms with E-state index < -0.39 is 12.1 Å². The Bertz CT molecular complexity index is 949. The molecule has 0 bridgehead atoms. The Balaban J connectivity index is 1.47. The lowest BCUT2D eigenvalue weighted by Crippen LogP contribution is -2.17. The molecule has 0 fully saturated rings. The summed E-state index contributed by atoms with van der Waals surface area (Å²) in [6.07, 6.45) is -0.592. The van der Waals surface area contributed by atoms with Crippen molar-refractivity contribution in [3.05, 3.63) is 76.7 Å². The normalized spacial score (nSPS) is 12.3. The second kappa shape index (κ2) is 6.65. The zero-order valence-corrected chi connectivity index (χ0v) is 14.5. The van der Waals surface area contributed by atoms with Crippen LogP contribution < -0.4 is 5.32 Å². The number of hydrogen-bond acceptors (Lipinski definition) is 4. The second-order valence-electron chi connectivity index (χ2n) is 5.92. The quantitative estimate of drug-likeness (QED) is 0.696. The number of hydrogen-bond donors (Lipinski definition) is 2. The van der Waals surface area contributed by atoms with Gasteiger partial charge >= 0.3 is 12.1 Å². The first-order valence-electron chi connectivity index (χ1n) is 8.08. The molecule has 0 radical (unpaired) electrons. The van der Waals surface area contributed by atoms with Crippen LogP contribution in [0.25, 0.3) is 11.1 Å². The number of nitrogens with one attached hydrogen (secondary N) is 1. The molecule has 2 N–H and O–H groups in total. The van der Waals surface area contributed by atoms with E-state index >= 15 is 0 Å². The van der Waals surface area contributed by atoms with E-state index in [2.05, 4.69) is 29.6 Å². The van der Waals surface area contributed by atoms with Crippen molar-refractivity contribution in [1.82, 2.24) is 0 Å². The third kappa shape index (κ3) is 2.95. The average molecular weight is 365 g/mol. The van der Waals surface area contributed by atoms with E-state index in [4.69, 9.17) is 9.84 Å². The topological polar surface area (TPSA) is 75.6 Å². The maximum atomic E-state index is 12.1. The number of carbonyl (C=O) groups excluding carboxylic acids is 1. The molecular weight excluding hydrogens is 350 g/mol. The molecule has 4 rings (SSSR count). The highest BCUT2D eigenvalue weighted by Crippen LogP contribution is 2.44. The zero-order chi connectivity index (χ0) is 18.1. The molecule has 3 aromatic rings. The second-order valence-corrected chi connectivity index (χ2v) is 7.00. The Hall–Kier alpha value is -3.12. The van der Waals surface area contributed by atoms with Crippen molar-refractivity contribution in [2.45, 2.75) is 5.92 Å². The van der Waals surface area contributed by atoms with Crippen LogP contribution >= 0.6 is 11.3 Å². The van der Waals surface area contributed by atoms with E-state index in [9.17, 15) is 9.59 Å². The Morgan fingerprint density at radius 1 is 0.962 bits per heavy atom. The molecule has 0 unspecified atom stereocenters. The van der Waals surface area contributed by atoms with Crippen molar-refractivity contribution in [1.29, 1.82) is 0 Å². The van der Waals surface area contributed by atoms with E-state index in [1.807, 2.05) is 24.3 Å². The maximum absolute atomic E-state index is 12.1. The van der Waals surface area contributed by atoms with E-state index in [1.54, 1.807) is 6.07 Å². The van der Waals surface area contributed by atoms with Crippen LogP contribution in [-0.4, -0.2) is 23.8 Å². The maximum Gasteiger partial charge on any atom is 0.412 e. The summed E-state index contributed by atoms with van der Waals surface area (Å²) in [5, 5.41) is 12.0. The highest BCUT2D eigenvalue weighted by Gasteiger charge is 2.29. The third-order valence-corrected chi connectivity index (χ3v) is 5.37. The number of rotatable bonds is 4. The van der Waals surface area contributed by atoms with E-state index in [0.29, 0.717) is 5.00 Å². The smallest absolute Gasteiger partial charge is 0.412 e. The Morgan fingerprint density at radius 2 is 1.58 bits per heavy atom. The van der Waals surface area contributed by atoms with Gasteiger partial charge in [0, 0.05) is 5.92 Å². The molecule has 2 aromatic carbocycles. The molecule has 1 aromatic heterocycles. The van der Waals surface area contributed by atoms with Gasteiger partial charge in [-0.2, -0.15) is 0 Å². The summed E-state index contributed by atoms with van der Waals surface area (Å²) in [5.74, 6) is -1.03. The van der Waals surface area contributed by atoms with Crippen LogP contribution in [0.2, 0.25) is 0 Å². The molecule has 6 heteroatoms. The van der Waals surface area contributed by atoms with Crippen LogP contribution in [0.1, 0.15) is 26.7 Å². The SMILES string of the molecule is O=C(Nc1ccc(C(=O)O)s1)OCC1c2ccccc2-c2ccccc21. The predicted octanol–water partition coefficient (Wildman–Crippen LogP) is 4.81. The van der Waals surface area contributed by atoms with Crippen molar-refractivity contribution in [2.75, 3.05) is 11.9 Å². The number of amides is 1. The number of benzene rings is 2. The van der Waals surface area contributed by atoms with Crippen LogP contribution in [0, 0.1) is 0 Å². The summed E-state index contributed by atoms with van der Waals surface area (Å²) in [4.78, 5) is 23.2. The fraction of sp³-hybridized carbons (Fsp3) is 0.100. The zero-order valence-electron chi connectivity index (χ0n) is 13.6. The van der Waals surface area contributed by atoms with Crippen LogP contribution in [0.15, 0.2) is 60.7 Å². The number of ether oxygens (including phenoxy) is 1. The minimum absolute atomic E-state index is 0.00827. The summed E-state index contributed by atoms with van der Waals surface area (Å²) >= 11 is 0.993.